The van der Waals surface area contributed by atoms with Crippen LogP contribution in [0.4, 0.5) is 4.79 Å². The van der Waals surface area contributed by atoms with Gasteiger partial charge in [0.2, 0.25) is 0 Å². The molecule has 1 aliphatic heterocycles. The quantitative estimate of drug-likeness (QED) is 0.890. The minimum atomic E-state index is 0.0663. The first kappa shape index (κ1) is 12.9. The highest BCUT2D eigenvalue weighted by molar-refractivity contribution is 5.74. The van der Waals surface area contributed by atoms with Crippen LogP contribution in [0.1, 0.15) is 32.6 Å². The number of carbonyl (C=O) groups is 1. The summed E-state index contributed by atoms with van der Waals surface area (Å²) >= 11 is 0. The highest BCUT2D eigenvalue weighted by Crippen LogP contribution is 2.09. The van der Waals surface area contributed by atoms with E-state index in [2.05, 4.69) is 10.4 Å². The molecular formula is C13H22N4O. The minimum absolute atomic E-state index is 0.0663. The van der Waals surface area contributed by atoms with Gasteiger partial charge in [-0.25, -0.2) is 4.79 Å². The van der Waals surface area contributed by atoms with Gasteiger partial charge < -0.3 is 10.2 Å². The molecule has 0 aromatic carbocycles. The second kappa shape index (κ2) is 6.42. The van der Waals surface area contributed by atoms with Gasteiger partial charge >= 0.3 is 6.03 Å². The van der Waals surface area contributed by atoms with Gasteiger partial charge in [-0.2, -0.15) is 5.10 Å². The van der Waals surface area contributed by atoms with Crippen LogP contribution in [-0.4, -0.2) is 39.8 Å². The first-order chi connectivity index (χ1) is 8.75. The summed E-state index contributed by atoms with van der Waals surface area (Å²) < 4.78 is 1.84. The van der Waals surface area contributed by atoms with Gasteiger partial charge in [-0.15, -0.1) is 0 Å². The van der Waals surface area contributed by atoms with Gasteiger partial charge in [0.05, 0.1) is 6.54 Å². The summed E-state index contributed by atoms with van der Waals surface area (Å²) in [4.78, 5) is 14.0. The highest BCUT2D eigenvalue weighted by Gasteiger charge is 2.17. The van der Waals surface area contributed by atoms with Crippen LogP contribution in [0.15, 0.2) is 18.5 Å². The zero-order valence-corrected chi connectivity index (χ0v) is 11.0. The van der Waals surface area contributed by atoms with Crippen molar-refractivity contribution in [3.63, 3.8) is 0 Å². The van der Waals surface area contributed by atoms with E-state index in [9.17, 15) is 4.79 Å². The number of hydrogen-bond acceptors (Lipinski definition) is 2. The van der Waals surface area contributed by atoms with Gasteiger partial charge in [-0.1, -0.05) is 12.8 Å². The van der Waals surface area contributed by atoms with E-state index in [1.165, 1.54) is 12.8 Å². The zero-order valence-electron chi connectivity index (χ0n) is 11.0. The molecule has 2 rings (SSSR count). The molecule has 0 aliphatic carbocycles. The Kier molecular flexibility index (Phi) is 4.61. The third kappa shape index (κ3) is 3.75. The average Bonchev–Trinajstić information content (AvgIpc) is 2.68. The van der Waals surface area contributed by atoms with Gasteiger partial charge in [0.1, 0.15) is 0 Å². The van der Waals surface area contributed by atoms with Crippen LogP contribution in [0.5, 0.6) is 0 Å². The minimum Gasteiger partial charge on any atom is -0.334 e. The van der Waals surface area contributed by atoms with Crippen molar-refractivity contribution in [2.45, 2.75) is 45.2 Å². The molecule has 0 bridgehead atoms. The van der Waals surface area contributed by atoms with Crippen molar-refractivity contribution >= 4 is 6.03 Å². The maximum absolute atomic E-state index is 12.1. The van der Waals surface area contributed by atoms with Gasteiger partial charge in [-0.05, 0) is 25.8 Å². The van der Waals surface area contributed by atoms with Crippen LogP contribution in [0.3, 0.4) is 0 Å². The molecule has 0 saturated carbocycles. The van der Waals surface area contributed by atoms with Crippen molar-refractivity contribution in [1.29, 1.82) is 0 Å². The topological polar surface area (TPSA) is 50.2 Å². The van der Waals surface area contributed by atoms with E-state index in [0.717, 1.165) is 25.9 Å². The summed E-state index contributed by atoms with van der Waals surface area (Å²) in [6.45, 7) is 4.50. The van der Waals surface area contributed by atoms with Crippen LogP contribution >= 0.6 is 0 Å². The number of carbonyl (C=O) groups excluding carboxylic acids is 1. The second-order valence-electron chi connectivity index (χ2n) is 4.98. The lowest BCUT2D eigenvalue weighted by Crippen LogP contribution is -2.45. The van der Waals surface area contributed by atoms with Crippen molar-refractivity contribution < 1.29 is 4.79 Å². The number of rotatable bonds is 3. The monoisotopic (exact) mass is 250 g/mol. The van der Waals surface area contributed by atoms with E-state index in [-0.39, 0.29) is 12.1 Å². The molecule has 1 N–H and O–H groups in total. The van der Waals surface area contributed by atoms with E-state index in [4.69, 9.17) is 0 Å². The van der Waals surface area contributed by atoms with E-state index in [1.807, 2.05) is 28.8 Å². The van der Waals surface area contributed by atoms with Crippen molar-refractivity contribution in [1.82, 2.24) is 20.0 Å². The second-order valence-corrected chi connectivity index (χ2v) is 4.98. The van der Waals surface area contributed by atoms with Crippen molar-refractivity contribution in [2.24, 2.45) is 0 Å². The molecule has 1 atom stereocenters. The van der Waals surface area contributed by atoms with Gasteiger partial charge in [0.25, 0.3) is 0 Å². The van der Waals surface area contributed by atoms with Gasteiger partial charge in [0.15, 0.2) is 0 Å². The Balaban J connectivity index is 1.78. The molecule has 1 saturated heterocycles. The van der Waals surface area contributed by atoms with Crippen molar-refractivity contribution in [3.05, 3.63) is 18.5 Å². The summed E-state index contributed by atoms with van der Waals surface area (Å²) in [6, 6.07) is 2.06. The Morgan fingerprint density at radius 1 is 1.33 bits per heavy atom. The molecule has 1 aromatic heterocycles. The predicted octanol–water partition coefficient (Wildman–Crippen LogP) is 1.86. The van der Waals surface area contributed by atoms with E-state index < -0.39 is 0 Å². The molecule has 18 heavy (non-hydrogen) atoms. The maximum atomic E-state index is 12.1. The molecule has 1 unspecified atom stereocenters. The molecule has 5 nitrogen and oxygen atoms in total. The summed E-state index contributed by atoms with van der Waals surface area (Å²) in [7, 11) is 0. The van der Waals surface area contributed by atoms with Crippen LogP contribution in [0.25, 0.3) is 0 Å². The first-order valence-corrected chi connectivity index (χ1v) is 6.78. The number of aromatic nitrogens is 2. The summed E-state index contributed by atoms with van der Waals surface area (Å²) in [5.74, 6) is 0. The third-order valence-corrected chi connectivity index (χ3v) is 3.28. The fraction of sp³-hybridized carbons (Fsp3) is 0.692. The molecule has 1 aliphatic rings. The molecule has 100 valence electrons. The van der Waals surface area contributed by atoms with E-state index >= 15 is 0 Å². The zero-order chi connectivity index (χ0) is 12.8. The number of nitrogens with zero attached hydrogens (tertiary/aromatic N) is 3. The van der Waals surface area contributed by atoms with Crippen LogP contribution in [-0.2, 0) is 6.54 Å². The lowest BCUT2D eigenvalue weighted by atomic mass is 10.2. The highest BCUT2D eigenvalue weighted by atomic mass is 16.2. The summed E-state index contributed by atoms with van der Waals surface area (Å²) in [5.41, 5.74) is 0. The molecule has 0 spiro atoms. The van der Waals surface area contributed by atoms with E-state index in [1.54, 1.807) is 6.20 Å². The maximum Gasteiger partial charge on any atom is 0.317 e. The molecule has 1 fully saturated rings. The average molecular weight is 250 g/mol. The van der Waals surface area contributed by atoms with Crippen LogP contribution < -0.4 is 5.32 Å². The summed E-state index contributed by atoms with van der Waals surface area (Å²) in [5, 5.41) is 7.18. The van der Waals surface area contributed by atoms with Gasteiger partial charge in [-0.3, -0.25) is 4.68 Å². The molecule has 2 amide bonds. The molecule has 2 heterocycles. The Bertz CT molecular complexity index is 355. The smallest absolute Gasteiger partial charge is 0.317 e. The van der Waals surface area contributed by atoms with Crippen LogP contribution in [0, 0.1) is 0 Å². The molecule has 5 heteroatoms. The fourth-order valence-electron chi connectivity index (χ4n) is 2.31. The Morgan fingerprint density at radius 2 is 2.06 bits per heavy atom. The standard InChI is InChI=1S/C13H22N4O/c1-12(11-17-10-6-7-14-17)15-13(18)16-8-4-2-3-5-9-16/h6-7,10,12H,2-5,8-9,11H2,1H3,(H,15,18). The Morgan fingerprint density at radius 3 is 2.67 bits per heavy atom. The number of amides is 2. The lowest BCUT2D eigenvalue weighted by molar-refractivity contribution is 0.195. The SMILES string of the molecule is CC(Cn1cccn1)NC(=O)N1CCCCCC1. The fourth-order valence-corrected chi connectivity index (χ4v) is 2.31. The molecule has 0 radical (unpaired) electrons. The number of hydrogen-bond donors (Lipinski definition) is 1. The normalized spacial score (nSPS) is 18.2. The Hall–Kier alpha value is -1.52. The summed E-state index contributed by atoms with van der Waals surface area (Å²) in [6.07, 6.45) is 8.40. The lowest BCUT2D eigenvalue weighted by Gasteiger charge is -2.23. The third-order valence-electron chi connectivity index (χ3n) is 3.28. The number of nitrogens with one attached hydrogen (secondary N) is 1. The van der Waals surface area contributed by atoms with Crippen molar-refractivity contribution in [3.8, 4) is 0 Å². The number of urea groups is 1. The largest absolute Gasteiger partial charge is 0.334 e. The van der Waals surface area contributed by atoms with Crippen molar-refractivity contribution in [2.75, 3.05) is 13.1 Å². The number of likely N-dealkylation sites (tertiary alicyclic amines) is 1. The van der Waals surface area contributed by atoms with Gasteiger partial charge in [0, 0.05) is 31.5 Å². The predicted molar refractivity (Wildman–Crippen MR) is 70.3 cm³/mol. The van der Waals surface area contributed by atoms with Crippen LogP contribution in [0.2, 0.25) is 0 Å². The molecule has 1 aromatic rings. The Labute approximate surface area is 108 Å². The first-order valence-electron chi connectivity index (χ1n) is 6.78. The van der Waals surface area contributed by atoms with E-state index in [0.29, 0.717) is 6.54 Å². The molecular weight excluding hydrogens is 228 g/mol.